The maximum atomic E-state index is 5.89. The molecule has 0 aliphatic heterocycles. The molecule has 102 valence electrons. The van der Waals surface area contributed by atoms with Crippen LogP contribution < -0.4 is 5.73 Å². The van der Waals surface area contributed by atoms with Gasteiger partial charge in [0.2, 0.25) is 0 Å². The van der Waals surface area contributed by atoms with E-state index in [4.69, 9.17) is 10.5 Å². The fourth-order valence-corrected chi connectivity index (χ4v) is 2.24. The van der Waals surface area contributed by atoms with E-state index in [1.165, 1.54) is 0 Å². The van der Waals surface area contributed by atoms with Gasteiger partial charge in [-0.05, 0) is 51.8 Å². The molecule has 1 aromatic carbocycles. The summed E-state index contributed by atoms with van der Waals surface area (Å²) in [7, 11) is 1.68. The quantitative estimate of drug-likeness (QED) is 0.853. The molecule has 0 spiro atoms. The molecule has 19 heavy (non-hydrogen) atoms. The van der Waals surface area contributed by atoms with Crippen LogP contribution in [0.1, 0.15) is 19.4 Å². The van der Waals surface area contributed by atoms with Gasteiger partial charge in [-0.25, -0.2) is 4.68 Å². The molecule has 6 nitrogen and oxygen atoms in total. The number of hydrogen-bond donors (Lipinski definition) is 1. The Balaban J connectivity index is 2.36. The second-order valence-corrected chi connectivity index (χ2v) is 5.08. The molecule has 2 rings (SSSR count). The Morgan fingerprint density at radius 1 is 1.47 bits per heavy atom. The number of aromatic nitrogens is 4. The molecule has 2 N–H and O–H groups in total. The lowest BCUT2D eigenvalue weighted by atomic mass is 10.1. The number of halogens is 1. The molecule has 0 aliphatic rings. The monoisotopic (exact) mass is 325 g/mol. The second-order valence-electron chi connectivity index (χ2n) is 4.29. The van der Waals surface area contributed by atoms with Crippen LogP contribution in [0.25, 0.3) is 11.4 Å². The van der Waals surface area contributed by atoms with E-state index in [0.29, 0.717) is 18.1 Å². The van der Waals surface area contributed by atoms with E-state index in [0.717, 1.165) is 16.5 Å². The van der Waals surface area contributed by atoms with E-state index in [1.54, 1.807) is 11.8 Å². The highest BCUT2D eigenvalue weighted by atomic mass is 79.9. The van der Waals surface area contributed by atoms with Crippen molar-refractivity contribution in [3.63, 3.8) is 0 Å². The smallest absolute Gasteiger partial charge is 0.183 e. The first-order valence-electron chi connectivity index (χ1n) is 5.96. The standard InChI is InChI=1S/C12H16BrN5O/c1-8(6-7-19-2)18-12(15-16-17-18)9-4-3-5-10(14)11(9)13/h3-5,8H,6-7,14H2,1-2H3. The minimum Gasteiger partial charge on any atom is -0.398 e. The number of rotatable bonds is 5. The molecular formula is C12H16BrN5O. The van der Waals surface area contributed by atoms with Crippen LogP contribution >= 0.6 is 15.9 Å². The number of nitrogen functional groups attached to an aromatic ring is 1. The molecule has 0 bridgehead atoms. The van der Waals surface area contributed by atoms with Crippen molar-refractivity contribution in [2.75, 3.05) is 19.5 Å². The first-order valence-corrected chi connectivity index (χ1v) is 6.75. The summed E-state index contributed by atoms with van der Waals surface area (Å²) in [6.07, 6.45) is 0.842. The zero-order chi connectivity index (χ0) is 13.8. The van der Waals surface area contributed by atoms with E-state index in [9.17, 15) is 0 Å². The van der Waals surface area contributed by atoms with Gasteiger partial charge in [0.15, 0.2) is 5.82 Å². The van der Waals surface area contributed by atoms with E-state index in [2.05, 4.69) is 38.4 Å². The molecule has 0 saturated heterocycles. The molecule has 1 unspecified atom stereocenters. The highest BCUT2D eigenvalue weighted by Gasteiger charge is 2.17. The Labute approximate surface area is 120 Å². The normalized spacial score (nSPS) is 12.6. The third-order valence-corrected chi connectivity index (χ3v) is 3.80. The predicted molar refractivity (Wildman–Crippen MR) is 76.6 cm³/mol. The third-order valence-electron chi connectivity index (χ3n) is 2.92. The van der Waals surface area contributed by atoms with Gasteiger partial charge in [0.25, 0.3) is 0 Å². The number of tetrazole rings is 1. The predicted octanol–water partition coefficient (Wildman–Crippen LogP) is 2.28. The van der Waals surface area contributed by atoms with Crippen LogP contribution in [-0.4, -0.2) is 33.9 Å². The van der Waals surface area contributed by atoms with Crippen LogP contribution in [0.5, 0.6) is 0 Å². The number of nitrogens with zero attached hydrogens (tertiary/aromatic N) is 4. The zero-order valence-corrected chi connectivity index (χ0v) is 12.5. The second kappa shape index (κ2) is 6.12. The molecule has 1 heterocycles. The number of anilines is 1. The molecule has 7 heteroatoms. The van der Waals surface area contributed by atoms with Gasteiger partial charge in [-0.2, -0.15) is 0 Å². The summed E-state index contributed by atoms with van der Waals surface area (Å²) in [5.74, 6) is 0.697. The minimum atomic E-state index is 0.151. The maximum Gasteiger partial charge on any atom is 0.183 e. The Bertz CT molecular complexity index is 557. The van der Waals surface area contributed by atoms with E-state index >= 15 is 0 Å². The van der Waals surface area contributed by atoms with Gasteiger partial charge in [0.05, 0.1) is 10.5 Å². The van der Waals surface area contributed by atoms with Gasteiger partial charge in [-0.15, -0.1) is 5.10 Å². The first kappa shape index (κ1) is 14.0. The van der Waals surface area contributed by atoms with Crippen molar-refractivity contribution in [3.05, 3.63) is 22.7 Å². The van der Waals surface area contributed by atoms with Crippen molar-refractivity contribution in [1.82, 2.24) is 20.2 Å². The van der Waals surface area contributed by atoms with Crippen LogP contribution in [0, 0.1) is 0 Å². The maximum absolute atomic E-state index is 5.89. The first-order chi connectivity index (χ1) is 9.15. The summed E-state index contributed by atoms with van der Waals surface area (Å²) in [4.78, 5) is 0. The van der Waals surface area contributed by atoms with Crippen LogP contribution in [-0.2, 0) is 4.74 Å². The van der Waals surface area contributed by atoms with E-state index < -0.39 is 0 Å². The molecule has 1 atom stereocenters. The zero-order valence-electron chi connectivity index (χ0n) is 10.9. The highest BCUT2D eigenvalue weighted by molar-refractivity contribution is 9.10. The van der Waals surface area contributed by atoms with Gasteiger partial charge in [0, 0.05) is 25.0 Å². The lowest BCUT2D eigenvalue weighted by Crippen LogP contribution is -2.11. The van der Waals surface area contributed by atoms with Crippen molar-refractivity contribution in [3.8, 4) is 11.4 Å². The summed E-state index contributed by atoms with van der Waals surface area (Å²) in [6.45, 7) is 2.72. The van der Waals surface area contributed by atoms with Crippen LogP contribution in [0.3, 0.4) is 0 Å². The average Bonchev–Trinajstić information content (AvgIpc) is 2.88. The number of ether oxygens (including phenoxy) is 1. The van der Waals surface area contributed by atoms with Crippen LogP contribution in [0.4, 0.5) is 5.69 Å². The van der Waals surface area contributed by atoms with Crippen molar-refractivity contribution in [2.45, 2.75) is 19.4 Å². The van der Waals surface area contributed by atoms with Gasteiger partial charge in [-0.1, -0.05) is 6.07 Å². The fraction of sp³-hybridized carbons (Fsp3) is 0.417. The van der Waals surface area contributed by atoms with Crippen molar-refractivity contribution in [2.24, 2.45) is 0 Å². The van der Waals surface area contributed by atoms with Crippen LogP contribution in [0.15, 0.2) is 22.7 Å². The third kappa shape index (κ3) is 2.93. The van der Waals surface area contributed by atoms with Gasteiger partial charge in [-0.3, -0.25) is 0 Å². The van der Waals surface area contributed by atoms with Crippen molar-refractivity contribution < 1.29 is 4.74 Å². The summed E-state index contributed by atoms with van der Waals surface area (Å²) in [5.41, 5.74) is 7.44. The summed E-state index contributed by atoms with van der Waals surface area (Å²) < 4.78 is 7.69. The van der Waals surface area contributed by atoms with Crippen LogP contribution in [0.2, 0.25) is 0 Å². The largest absolute Gasteiger partial charge is 0.398 e. The Morgan fingerprint density at radius 3 is 3.00 bits per heavy atom. The highest BCUT2D eigenvalue weighted by Crippen LogP contribution is 2.32. The lowest BCUT2D eigenvalue weighted by molar-refractivity contribution is 0.178. The Hall–Kier alpha value is -1.47. The number of benzene rings is 1. The van der Waals surface area contributed by atoms with E-state index in [-0.39, 0.29) is 6.04 Å². The molecule has 1 aromatic heterocycles. The lowest BCUT2D eigenvalue weighted by Gasteiger charge is -2.13. The topological polar surface area (TPSA) is 78.8 Å². The van der Waals surface area contributed by atoms with Gasteiger partial charge < -0.3 is 10.5 Å². The number of hydrogen-bond acceptors (Lipinski definition) is 5. The van der Waals surface area contributed by atoms with E-state index in [1.807, 2.05) is 18.2 Å². The number of methoxy groups -OCH3 is 1. The minimum absolute atomic E-state index is 0.151. The molecular weight excluding hydrogens is 310 g/mol. The fourth-order valence-electron chi connectivity index (χ4n) is 1.80. The molecule has 0 saturated carbocycles. The molecule has 0 radical (unpaired) electrons. The molecule has 2 aromatic rings. The SMILES string of the molecule is COCCC(C)n1nnnc1-c1cccc(N)c1Br. The number of nitrogens with two attached hydrogens (primary N) is 1. The summed E-state index contributed by atoms with van der Waals surface area (Å²) in [5, 5.41) is 11.9. The van der Waals surface area contributed by atoms with Gasteiger partial charge in [0.1, 0.15) is 0 Å². The Morgan fingerprint density at radius 2 is 2.26 bits per heavy atom. The molecule has 0 fully saturated rings. The summed E-state index contributed by atoms with van der Waals surface area (Å²) >= 11 is 3.48. The summed E-state index contributed by atoms with van der Waals surface area (Å²) in [6, 6.07) is 5.80. The molecule has 0 amide bonds. The Kier molecular flexibility index (Phi) is 4.49. The average molecular weight is 326 g/mol. The van der Waals surface area contributed by atoms with Gasteiger partial charge >= 0.3 is 0 Å². The van der Waals surface area contributed by atoms with Crippen molar-refractivity contribution in [1.29, 1.82) is 0 Å². The molecule has 0 aliphatic carbocycles. The van der Waals surface area contributed by atoms with Crippen molar-refractivity contribution >= 4 is 21.6 Å².